The lowest BCUT2D eigenvalue weighted by Gasteiger charge is -2.22. The molecule has 0 aromatic heterocycles. The van der Waals surface area contributed by atoms with Crippen LogP contribution in [0.3, 0.4) is 0 Å². The summed E-state index contributed by atoms with van der Waals surface area (Å²) in [6, 6.07) is 0. The molecule has 0 saturated heterocycles. The molecule has 2 aliphatic rings. The number of fused-ring (bicyclic) bond motifs is 1. The Balaban J connectivity index is 1.88. The monoisotopic (exact) mass is 388 g/mol. The summed E-state index contributed by atoms with van der Waals surface area (Å²) >= 11 is 2.21. The van der Waals surface area contributed by atoms with Crippen molar-refractivity contribution >= 4 is 28.5 Å². The number of amides is 1. The lowest BCUT2D eigenvalue weighted by Crippen LogP contribution is -2.39. The molecule has 0 spiro atoms. The minimum atomic E-state index is -0.0299. The maximum absolute atomic E-state index is 12.2. The van der Waals surface area contributed by atoms with Gasteiger partial charge in [0.2, 0.25) is 0 Å². The Morgan fingerprint density at radius 3 is 2.85 bits per heavy atom. The molecule has 1 unspecified atom stereocenters. The van der Waals surface area contributed by atoms with Gasteiger partial charge >= 0.3 is 0 Å². The molecular weight excluding hydrogens is 367 g/mol. The van der Waals surface area contributed by atoms with Crippen molar-refractivity contribution in [2.75, 3.05) is 26.2 Å². The molecule has 2 aliphatic heterocycles. The average Bonchev–Trinajstić information content (AvgIpc) is 2.81. The molecule has 110 valence electrons. The number of nitrogens with one attached hydrogen (secondary N) is 2. The number of halogens is 1. The third-order valence-electron chi connectivity index (χ3n) is 3.51. The van der Waals surface area contributed by atoms with E-state index < -0.39 is 0 Å². The number of allylic oxidation sites excluding steroid dienone is 2. The number of carbonyl (C=O) groups excluding carboxylic acids is 1. The van der Waals surface area contributed by atoms with Crippen molar-refractivity contribution in [3.05, 3.63) is 33.8 Å². The molecule has 1 amide bonds. The predicted molar refractivity (Wildman–Crippen MR) is 88.9 cm³/mol. The van der Waals surface area contributed by atoms with Gasteiger partial charge in [0.25, 0.3) is 5.91 Å². The molecule has 5 nitrogen and oxygen atoms in total. The van der Waals surface area contributed by atoms with E-state index in [1.807, 2.05) is 24.4 Å². The first kappa shape index (κ1) is 15.4. The molecular formula is C14H21IN4O. The Morgan fingerprint density at radius 2 is 2.20 bits per heavy atom. The van der Waals surface area contributed by atoms with Crippen LogP contribution in [0.2, 0.25) is 0 Å². The zero-order valence-corrected chi connectivity index (χ0v) is 14.1. The first-order valence-electron chi connectivity index (χ1n) is 6.97. The lowest BCUT2D eigenvalue weighted by atomic mass is 10.3. The van der Waals surface area contributed by atoms with E-state index in [9.17, 15) is 4.79 Å². The van der Waals surface area contributed by atoms with Crippen LogP contribution in [0, 0.1) is 0 Å². The summed E-state index contributed by atoms with van der Waals surface area (Å²) in [5.41, 5.74) is 0.659. The van der Waals surface area contributed by atoms with Gasteiger partial charge in [0.15, 0.2) is 0 Å². The van der Waals surface area contributed by atoms with Gasteiger partial charge in [0.05, 0.1) is 0 Å². The zero-order valence-electron chi connectivity index (χ0n) is 11.9. The number of hydrogen-bond acceptors (Lipinski definition) is 4. The van der Waals surface area contributed by atoms with E-state index in [2.05, 4.69) is 56.9 Å². The number of likely N-dealkylation sites (N-methyl/N-ethyl adjacent to an activating group) is 1. The number of nitrogens with zero attached hydrogens (tertiary/aromatic N) is 2. The second kappa shape index (κ2) is 7.12. The van der Waals surface area contributed by atoms with Gasteiger partial charge in [-0.15, -0.1) is 0 Å². The predicted octanol–water partition coefficient (Wildman–Crippen LogP) is 1.36. The van der Waals surface area contributed by atoms with Crippen molar-refractivity contribution in [2.24, 2.45) is 0 Å². The summed E-state index contributed by atoms with van der Waals surface area (Å²) in [5, 5.41) is 6.23. The summed E-state index contributed by atoms with van der Waals surface area (Å²) in [6.07, 6.45) is 8.04. The molecule has 2 N–H and O–H groups in total. The molecule has 0 fully saturated rings. The fourth-order valence-electron chi connectivity index (χ4n) is 2.25. The zero-order chi connectivity index (χ0) is 14.5. The van der Waals surface area contributed by atoms with E-state index in [4.69, 9.17) is 0 Å². The summed E-state index contributed by atoms with van der Waals surface area (Å²) in [4.78, 5) is 16.6. The van der Waals surface area contributed by atoms with E-state index >= 15 is 0 Å². The van der Waals surface area contributed by atoms with Gasteiger partial charge in [-0.05, 0) is 47.8 Å². The van der Waals surface area contributed by atoms with Crippen LogP contribution in [-0.4, -0.2) is 48.1 Å². The highest BCUT2D eigenvalue weighted by Gasteiger charge is 2.31. The molecule has 0 aromatic rings. The fraction of sp³-hybridized carbons (Fsp3) is 0.500. The van der Waals surface area contributed by atoms with Crippen LogP contribution in [0.4, 0.5) is 0 Å². The van der Waals surface area contributed by atoms with Crippen molar-refractivity contribution in [3.63, 3.8) is 0 Å². The minimum absolute atomic E-state index is 0.0299. The standard InChI is InChI=1S/C14H21IN4O/c1-3-18(4-2)10-8-16-14(20)12-13(15)19-9-6-5-7-11(19)17-12/h5-7,9,11,17H,3-4,8,10H2,1-2H3,(H,16,20). The summed E-state index contributed by atoms with van der Waals surface area (Å²) in [6.45, 7) is 7.84. The average molecular weight is 388 g/mol. The number of hydrogen-bond donors (Lipinski definition) is 2. The first-order valence-corrected chi connectivity index (χ1v) is 8.05. The highest BCUT2D eigenvalue weighted by molar-refractivity contribution is 14.1. The van der Waals surface area contributed by atoms with Gasteiger partial charge < -0.3 is 20.4 Å². The van der Waals surface area contributed by atoms with Crippen molar-refractivity contribution in [2.45, 2.75) is 20.0 Å². The van der Waals surface area contributed by atoms with E-state index in [1.54, 1.807) is 0 Å². The Hall–Kier alpha value is -1.02. The molecule has 0 aromatic carbocycles. The van der Waals surface area contributed by atoms with Crippen LogP contribution in [0.5, 0.6) is 0 Å². The molecule has 20 heavy (non-hydrogen) atoms. The van der Waals surface area contributed by atoms with Crippen LogP contribution in [-0.2, 0) is 4.79 Å². The normalized spacial score (nSPS) is 20.4. The highest BCUT2D eigenvalue weighted by atomic mass is 127. The van der Waals surface area contributed by atoms with Crippen LogP contribution >= 0.6 is 22.6 Å². The van der Waals surface area contributed by atoms with Crippen molar-refractivity contribution in [1.82, 2.24) is 20.4 Å². The maximum Gasteiger partial charge on any atom is 0.270 e. The highest BCUT2D eigenvalue weighted by Crippen LogP contribution is 2.28. The number of rotatable bonds is 6. The molecule has 6 heteroatoms. The van der Waals surface area contributed by atoms with Crippen molar-refractivity contribution in [1.29, 1.82) is 0 Å². The number of carbonyl (C=O) groups is 1. The summed E-state index contributed by atoms with van der Waals surface area (Å²) < 4.78 is 0.938. The topological polar surface area (TPSA) is 47.6 Å². The smallest absolute Gasteiger partial charge is 0.270 e. The molecule has 0 radical (unpaired) electrons. The molecule has 2 rings (SSSR count). The van der Waals surface area contributed by atoms with Crippen LogP contribution in [0.25, 0.3) is 0 Å². The van der Waals surface area contributed by atoms with Crippen LogP contribution in [0.1, 0.15) is 13.8 Å². The SMILES string of the molecule is CCN(CC)CCNC(=O)C1=C(I)N2C=CC=CC2N1. The largest absolute Gasteiger partial charge is 0.355 e. The van der Waals surface area contributed by atoms with Crippen LogP contribution in [0.15, 0.2) is 33.8 Å². The Morgan fingerprint density at radius 1 is 1.45 bits per heavy atom. The molecule has 0 aliphatic carbocycles. The van der Waals surface area contributed by atoms with Crippen LogP contribution < -0.4 is 10.6 Å². The third kappa shape index (κ3) is 3.35. The van der Waals surface area contributed by atoms with Gasteiger partial charge in [0.1, 0.15) is 15.6 Å². The fourth-order valence-corrected chi connectivity index (χ4v) is 3.12. The van der Waals surface area contributed by atoms with E-state index in [1.165, 1.54) is 0 Å². The Bertz CT molecular complexity index is 454. The molecule has 0 saturated carbocycles. The van der Waals surface area contributed by atoms with Gasteiger partial charge in [-0.25, -0.2) is 0 Å². The maximum atomic E-state index is 12.2. The molecule has 2 heterocycles. The lowest BCUT2D eigenvalue weighted by molar-refractivity contribution is -0.117. The van der Waals surface area contributed by atoms with Crippen molar-refractivity contribution in [3.8, 4) is 0 Å². The second-order valence-corrected chi connectivity index (χ2v) is 5.69. The molecule has 1 atom stereocenters. The summed E-state index contributed by atoms with van der Waals surface area (Å²) in [5.74, 6) is -0.0299. The van der Waals surface area contributed by atoms with E-state index in [0.29, 0.717) is 12.2 Å². The first-order chi connectivity index (χ1) is 9.67. The van der Waals surface area contributed by atoms with Gasteiger partial charge in [0, 0.05) is 19.3 Å². The van der Waals surface area contributed by atoms with Gasteiger partial charge in [-0.2, -0.15) is 0 Å². The summed E-state index contributed by atoms with van der Waals surface area (Å²) in [7, 11) is 0. The van der Waals surface area contributed by atoms with E-state index in [-0.39, 0.29) is 12.1 Å². The Labute approximate surface area is 133 Å². The second-order valence-electron chi connectivity index (χ2n) is 4.67. The van der Waals surface area contributed by atoms with Gasteiger partial charge in [-0.3, -0.25) is 4.79 Å². The Kier molecular flexibility index (Phi) is 5.47. The van der Waals surface area contributed by atoms with E-state index in [0.717, 1.165) is 23.3 Å². The molecule has 0 bridgehead atoms. The van der Waals surface area contributed by atoms with Gasteiger partial charge in [-0.1, -0.05) is 19.9 Å². The van der Waals surface area contributed by atoms with Crippen molar-refractivity contribution < 1.29 is 4.79 Å². The third-order valence-corrected chi connectivity index (χ3v) is 4.61. The quantitative estimate of drug-likeness (QED) is 0.533. The minimum Gasteiger partial charge on any atom is -0.355 e.